The fourth-order valence-electron chi connectivity index (χ4n) is 2.32. The second-order valence-corrected chi connectivity index (χ2v) is 7.01. The molecule has 0 aliphatic heterocycles. The van der Waals surface area contributed by atoms with Crippen LogP contribution in [-0.4, -0.2) is 35.7 Å². The molecule has 0 N–H and O–H groups in total. The highest BCUT2D eigenvalue weighted by atomic mass is 28.4. The maximum atomic E-state index is 5.89. The van der Waals surface area contributed by atoms with E-state index in [0.717, 1.165) is 16.9 Å². The predicted octanol–water partition coefficient (Wildman–Crippen LogP) is 3.13. The fourth-order valence-corrected chi connectivity index (χ4v) is 4.94. The molecule has 0 saturated carbocycles. The van der Waals surface area contributed by atoms with Crippen molar-refractivity contribution >= 4 is 8.80 Å². The summed E-state index contributed by atoms with van der Waals surface area (Å²) in [6.45, 7) is 9.68. The molecule has 0 atom stereocenters. The second-order valence-electron chi connectivity index (χ2n) is 4.43. The summed E-state index contributed by atoms with van der Waals surface area (Å²) >= 11 is 0. The van der Waals surface area contributed by atoms with Gasteiger partial charge in [0.2, 0.25) is 0 Å². The lowest BCUT2D eigenvalue weighted by Gasteiger charge is -2.29. The smallest absolute Gasteiger partial charge is 0.496 e. The van der Waals surface area contributed by atoms with E-state index in [1.807, 2.05) is 45.9 Å². The van der Waals surface area contributed by atoms with Crippen LogP contribution in [-0.2, 0) is 19.3 Å². The minimum atomic E-state index is -2.69. The number of rotatable bonds is 9. The van der Waals surface area contributed by atoms with Gasteiger partial charge in [0.15, 0.2) is 0 Å². The molecule has 20 heavy (non-hydrogen) atoms. The molecule has 0 spiro atoms. The Morgan fingerprint density at radius 1 is 0.950 bits per heavy atom. The van der Waals surface area contributed by atoms with Crippen molar-refractivity contribution in [2.75, 3.05) is 26.9 Å². The minimum Gasteiger partial charge on any atom is -0.496 e. The van der Waals surface area contributed by atoms with E-state index in [1.165, 1.54) is 0 Å². The zero-order valence-corrected chi connectivity index (χ0v) is 14.2. The molecule has 0 aromatic heterocycles. The molecule has 0 amide bonds. The topological polar surface area (TPSA) is 36.9 Å². The molecule has 1 aromatic rings. The summed E-state index contributed by atoms with van der Waals surface area (Å²) in [5.74, 6) is 0.892. The van der Waals surface area contributed by atoms with Gasteiger partial charge in [-0.15, -0.1) is 0 Å². The van der Waals surface area contributed by atoms with Crippen molar-refractivity contribution in [2.45, 2.75) is 33.7 Å². The van der Waals surface area contributed by atoms with Gasteiger partial charge in [-0.25, -0.2) is 0 Å². The number of benzene rings is 1. The van der Waals surface area contributed by atoms with Crippen LogP contribution in [0.25, 0.3) is 0 Å². The third-order valence-corrected chi connectivity index (χ3v) is 6.00. The molecule has 0 radical (unpaired) electrons. The highest BCUT2D eigenvalue weighted by Crippen LogP contribution is 2.27. The highest BCUT2D eigenvalue weighted by Gasteiger charge is 2.41. The molecule has 0 fully saturated rings. The van der Waals surface area contributed by atoms with Crippen LogP contribution in [0.3, 0.4) is 0 Å². The van der Waals surface area contributed by atoms with E-state index in [-0.39, 0.29) is 0 Å². The van der Waals surface area contributed by atoms with Crippen molar-refractivity contribution in [3.05, 3.63) is 29.3 Å². The standard InChI is InChI=1S/C15H26O4Si/c1-6-17-20(18-7-2,19-8-3)12-14-11-9-10-13(4)15(14)16-5/h9-11H,6-8,12H2,1-5H3. The Kier molecular flexibility index (Phi) is 7.22. The average Bonchev–Trinajstić information content (AvgIpc) is 2.40. The van der Waals surface area contributed by atoms with Crippen molar-refractivity contribution in [1.82, 2.24) is 0 Å². The Hall–Kier alpha value is -0.883. The Labute approximate surface area is 123 Å². The molecule has 4 nitrogen and oxygen atoms in total. The molecule has 114 valence electrons. The molecule has 0 aliphatic rings. The van der Waals surface area contributed by atoms with Gasteiger partial charge in [-0.3, -0.25) is 0 Å². The SMILES string of the molecule is CCO[Si](Cc1cccc(C)c1OC)(OCC)OCC. The molecule has 0 bridgehead atoms. The Morgan fingerprint density at radius 2 is 1.50 bits per heavy atom. The van der Waals surface area contributed by atoms with Gasteiger partial charge in [0, 0.05) is 25.9 Å². The van der Waals surface area contributed by atoms with Gasteiger partial charge >= 0.3 is 8.80 Å². The summed E-state index contributed by atoms with van der Waals surface area (Å²) in [6.07, 6.45) is 0. The molecule has 0 heterocycles. The lowest BCUT2D eigenvalue weighted by Crippen LogP contribution is -2.48. The van der Waals surface area contributed by atoms with E-state index in [2.05, 4.69) is 0 Å². The summed E-state index contributed by atoms with van der Waals surface area (Å²) in [5.41, 5.74) is 2.19. The molecule has 0 unspecified atom stereocenters. The fraction of sp³-hybridized carbons (Fsp3) is 0.600. The molecule has 0 saturated heterocycles. The minimum absolute atomic E-state index is 0.584. The van der Waals surface area contributed by atoms with Gasteiger partial charge in [-0.05, 0) is 38.8 Å². The van der Waals surface area contributed by atoms with Crippen LogP contribution >= 0.6 is 0 Å². The zero-order chi connectivity index (χ0) is 15.0. The van der Waals surface area contributed by atoms with Crippen LogP contribution in [0.2, 0.25) is 0 Å². The molecule has 0 aliphatic carbocycles. The third kappa shape index (κ3) is 4.31. The molecule has 1 rings (SSSR count). The zero-order valence-electron chi connectivity index (χ0n) is 13.2. The van der Waals surface area contributed by atoms with Crippen LogP contribution in [0.5, 0.6) is 5.75 Å². The summed E-state index contributed by atoms with van der Waals surface area (Å²) in [6, 6.07) is 6.74. The number of hydrogen-bond acceptors (Lipinski definition) is 4. The van der Waals surface area contributed by atoms with E-state index >= 15 is 0 Å². The number of ether oxygens (including phenoxy) is 1. The van der Waals surface area contributed by atoms with E-state index < -0.39 is 8.80 Å². The van der Waals surface area contributed by atoms with Gasteiger partial charge < -0.3 is 18.0 Å². The molecular weight excluding hydrogens is 272 g/mol. The van der Waals surface area contributed by atoms with Crippen LogP contribution in [0, 0.1) is 6.92 Å². The van der Waals surface area contributed by atoms with Gasteiger partial charge in [0.25, 0.3) is 0 Å². The van der Waals surface area contributed by atoms with Crippen molar-refractivity contribution in [2.24, 2.45) is 0 Å². The number of aryl methyl sites for hydroxylation is 1. The Morgan fingerprint density at radius 3 is 1.95 bits per heavy atom. The van der Waals surface area contributed by atoms with Crippen molar-refractivity contribution in [3.63, 3.8) is 0 Å². The van der Waals surface area contributed by atoms with Crippen LogP contribution in [0.1, 0.15) is 31.9 Å². The van der Waals surface area contributed by atoms with Gasteiger partial charge in [-0.1, -0.05) is 18.2 Å². The predicted molar refractivity (Wildman–Crippen MR) is 82.1 cm³/mol. The van der Waals surface area contributed by atoms with Gasteiger partial charge in [0.1, 0.15) is 5.75 Å². The third-order valence-electron chi connectivity index (χ3n) is 3.00. The van der Waals surface area contributed by atoms with Crippen molar-refractivity contribution in [1.29, 1.82) is 0 Å². The van der Waals surface area contributed by atoms with E-state index in [1.54, 1.807) is 7.11 Å². The summed E-state index contributed by atoms with van der Waals surface area (Å²) in [5, 5.41) is 0. The molecule has 1 aromatic carbocycles. The monoisotopic (exact) mass is 298 g/mol. The Bertz CT molecular complexity index is 392. The van der Waals surface area contributed by atoms with E-state index in [9.17, 15) is 0 Å². The highest BCUT2D eigenvalue weighted by molar-refractivity contribution is 6.60. The van der Waals surface area contributed by atoms with Gasteiger partial charge in [-0.2, -0.15) is 0 Å². The average molecular weight is 298 g/mol. The first kappa shape index (κ1) is 17.2. The van der Waals surface area contributed by atoms with Crippen LogP contribution in [0.15, 0.2) is 18.2 Å². The molecule has 5 heteroatoms. The number of hydrogen-bond donors (Lipinski definition) is 0. The summed E-state index contributed by atoms with van der Waals surface area (Å²) < 4.78 is 23.2. The van der Waals surface area contributed by atoms with Crippen LogP contribution in [0.4, 0.5) is 0 Å². The lowest BCUT2D eigenvalue weighted by atomic mass is 10.1. The number of methoxy groups -OCH3 is 1. The first-order chi connectivity index (χ1) is 9.62. The quantitative estimate of drug-likeness (QED) is 0.656. The largest absolute Gasteiger partial charge is 0.505 e. The second kappa shape index (κ2) is 8.41. The van der Waals surface area contributed by atoms with Crippen molar-refractivity contribution in [3.8, 4) is 5.75 Å². The normalized spacial score (nSPS) is 11.7. The van der Waals surface area contributed by atoms with E-state index in [4.69, 9.17) is 18.0 Å². The maximum absolute atomic E-state index is 5.89. The summed E-state index contributed by atoms with van der Waals surface area (Å²) in [7, 11) is -0.995. The van der Waals surface area contributed by atoms with Crippen molar-refractivity contribution < 1.29 is 18.0 Å². The first-order valence-corrected chi connectivity index (χ1v) is 9.10. The molecular formula is C15H26O4Si. The Balaban J connectivity index is 3.07. The first-order valence-electron chi connectivity index (χ1n) is 7.16. The summed E-state index contributed by atoms with van der Waals surface area (Å²) in [4.78, 5) is 0. The van der Waals surface area contributed by atoms with E-state index in [0.29, 0.717) is 25.9 Å². The van der Waals surface area contributed by atoms with Crippen LogP contribution < -0.4 is 4.74 Å². The lowest BCUT2D eigenvalue weighted by molar-refractivity contribution is 0.0702. The number of para-hydroxylation sites is 1. The maximum Gasteiger partial charge on any atom is 0.505 e. The van der Waals surface area contributed by atoms with Gasteiger partial charge in [0.05, 0.1) is 7.11 Å².